The number of nitrogens with zero attached hydrogens (tertiary/aromatic N) is 2. The minimum atomic E-state index is -0.0708. The van der Waals surface area contributed by atoms with Gasteiger partial charge in [0.1, 0.15) is 5.75 Å². The molecule has 3 N–H and O–H groups in total. The van der Waals surface area contributed by atoms with Gasteiger partial charge in [-0.3, -0.25) is 10.4 Å². The summed E-state index contributed by atoms with van der Waals surface area (Å²) in [7, 11) is 0. The molecule has 31 heavy (non-hydrogen) atoms. The van der Waals surface area contributed by atoms with Crippen LogP contribution in [0, 0.1) is 0 Å². The van der Waals surface area contributed by atoms with Gasteiger partial charge < -0.3 is 5.11 Å². The summed E-state index contributed by atoms with van der Waals surface area (Å²) in [5, 5.41) is 12.0. The van der Waals surface area contributed by atoms with Crippen molar-refractivity contribution >= 4 is 43.3 Å². The van der Waals surface area contributed by atoms with Gasteiger partial charge in [0.2, 0.25) is 0 Å². The van der Waals surface area contributed by atoms with Gasteiger partial charge in [0.05, 0.1) is 11.2 Å². The molecule has 0 fully saturated rings. The average Bonchev–Trinajstić information content (AvgIpc) is 3.13. The maximum absolute atomic E-state index is 10.0. The third-order valence-electron chi connectivity index (χ3n) is 4.94. The molecule has 0 bridgehead atoms. The molecule has 4 aromatic rings. The smallest absolute Gasteiger partial charge is 0.197 e. The average molecular weight is 497 g/mol. The molecule has 4 rings (SSSR count). The molecule has 0 saturated heterocycles. The number of hydrazine groups is 1. The Hall–Kier alpha value is -2.48. The molecule has 2 aromatic carbocycles. The van der Waals surface area contributed by atoms with E-state index in [0.717, 1.165) is 38.2 Å². The van der Waals surface area contributed by atoms with Gasteiger partial charge in [-0.1, -0.05) is 54.9 Å². The first-order chi connectivity index (χ1) is 14.8. The minimum Gasteiger partial charge on any atom is -0.508 e. The van der Waals surface area contributed by atoms with Crippen molar-refractivity contribution in [3.05, 3.63) is 80.9 Å². The SMILES string of the molecule is CC(C)(C)c1nc(NNCc2cc(Br)ccc2O)sc1Cc1cnc2ccccc2c1. The first-order valence-electron chi connectivity index (χ1n) is 10.1. The number of fused-ring (bicyclic) bond motifs is 1. The van der Waals surface area contributed by atoms with Gasteiger partial charge in [0.15, 0.2) is 5.13 Å². The van der Waals surface area contributed by atoms with E-state index in [4.69, 9.17) is 4.98 Å². The Labute approximate surface area is 194 Å². The van der Waals surface area contributed by atoms with Crippen molar-refractivity contribution in [2.24, 2.45) is 0 Å². The normalized spacial score (nSPS) is 11.7. The number of phenolic OH excluding ortho intramolecular Hbond substituents is 1. The standard InChI is InChI=1S/C24H25BrN4OS/c1-24(2,3)22-21(11-15-10-16-6-4-5-7-19(16)26-13-15)31-23(28-22)29-27-14-17-12-18(25)8-9-20(17)30/h4-10,12-13,27,30H,11,14H2,1-3H3,(H,28,29). The Morgan fingerprint density at radius 3 is 2.71 bits per heavy atom. The van der Waals surface area contributed by atoms with E-state index in [0.29, 0.717) is 6.54 Å². The largest absolute Gasteiger partial charge is 0.508 e. The van der Waals surface area contributed by atoms with Crippen molar-refractivity contribution in [2.45, 2.75) is 39.2 Å². The number of nitrogens with one attached hydrogen (secondary N) is 2. The minimum absolute atomic E-state index is 0.0708. The van der Waals surface area contributed by atoms with E-state index < -0.39 is 0 Å². The lowest BCUT2D eigenvalue weighted by atomic mass is 9.90. The van der Waals surface area contributed by atoms with Crippen molar-refractivity contribution < 1.29 is 5.11 Å². The lowest BCUT2D eigenvalue weighted by Gasteiger charge is -2.17. The van der Waals surface area contributed by atoms with Gasteiger partial charge >= 0.3 is 0 Å². The molecule has 0 radical (unpaired) electrons. The molecule has 2 heterocycles. The first-order valence-corrected chi connectivity index (χ1v) is 11.7. The zero-order chi connectivity index (χ0) is 22.0. The van der Waals surface area contributed by atoms with Crippen LogP contribution in [0.2, 0.25) is 0 Å². The lowest BCUT2D eigenvalue weighted by molar-refractivity contribution is 0.466. The van der Waals surface area contributed by atoms with E-state index in [1.165, 1.54) is 10.4 Å². The predicted octanol–water partition coefficient (Wildman–Crippen LogP) is 6.16. The molecule has 7 heteroatoms. The van der Waals surface area contributed by atoms with Crippen LogP contribution in [-0.2, 0) is 18.4 Å². The van der Waals surface area contributed by atoms with Gasteiger partial charge in [-0.15, -0.1) is 11.3 Å². The second-order valence-corrected chi connectivity index (χ2v) is 10.5. The Bertz CT molecular complexity index is 1220. The van der Waals surface area contributed by atoms with E-state index in [1.54, 1.807) is 17.4 Å². The number of aromatic hydroxyl groups is 1. The third-order valence-corrected chi connectivity index (χ3v) is 6.40. The molecule has 0 amide bonds. The highest BCUT2D eigenvalue weighted by atomic mass is 79.9. The van der Waals surface area contributed by atoms with Crippen LogP contribution >= 0.6 is 27.3 Å². The van der Waals surface area contributed by atoms with Crippen LogP contribution < -0.4 is 10.9 Å². The van der Waals surface area contributed by atoms with E-state index in [9.17, 15) is 5.11 Å². The predicted molar refractivity (Wildman–Crippen MR) is 132 cm³/mol. The van der Waals surface area contributed by atoms with E-state index in [-0.39, 0.29) is 11.2 Å². The van der Waals surface area contributed by atoms with Crippen molar-refractivity contribution in [1.29, 1.82) is 0 Å². The van der Waals surface area contributed by atoms with Gasteiger partial charge in [-0.25, -0.2) is 10.4 Å². The summed E-state index contributed by atoms with van der Waals surface area (Å²) in [5.41, 5.74) is 10.4. The second kappa shape index (κ2) is 8.94. The molecule has 160 valence electrons. The van der Waals surface area contributed by atoms with Crippen molar-refractivity contribution in [2.75, 3.05) is 5.43 Å². The number of halogens is 1. The van der Waals surface area contributed by atoms with Gasteiger partial charge in [0.25, 0.3) is 0 Å². The summed E-state index contributed by atoms with van der Waals surface area (Å²) < 4.78 is 0.928. The molecular weight excluding hydrogens is 472 g/mol. The number of aromatic nitrogens is 2. The maximum Gasteiger partial charge on any atom is 0.197 e. The molecule has 0 unspecified atom stereocenters. The first kappa shape index (κ1) is 21.7. The van der Waals surface area contributed by atoms with Crippen molar-refractivity contribution in [1.82, 2.24) is 15.4 Å². The second-order valence-electron chi connectivity index (χ2n) is 8.51. The van der Waals surface area contributed by atoms with Crippen molar-refractivity contribution in [3.8, 4) is 5.75 Å². The Balaban J connectivity index is 1.52. The molecular formula is C24H25BrN4OS. The number of para-hydroxylation sites is 1. The molecule has 5 nitrogen and oxygen atoms in total. The molecule has 0 aliphatic heterocycles. The highest BCUT2D eigenvalue weighted by molar-refractivity contribution is 9.10. The number of phenols is 1. The molecule has 2 aromatic heterocycles. The van der Waals surface area contributed by atoms with Crippen LogP contribution in [0.15, 0.2) is 59.2 Å². The zero-order valence-electron chi connectivity index (χ0n) is 17.7. The summed E-state index contributed by atoms with van der Waals surface area (Å²) >= 11 is 5.08. The number of benzene rings is 2. The van der Waals surface area contributed by atoms with Crippen LogP contribution in [0.1, 0.15) is 42.5 Å². The van der Waals surface area contributed by atoms with E-state index >= 15 is 0 Å². The van der Waals surface area contributed by atoms with Crippen LogP contribution in [0.3, 0.4) is 0 Å². The topological polar surface area (TPSA) is 70.1 Å². The maximum atomic E-state index is 10.0. The van der Waals surface area contributed by atoms with Gasteiger partial charge in [0, 0.05) is 44.9 Å². The van der Waals surface area contributed by atoms with Crippen LogP contribution in [-0.4, -0.2) is 15.1 Å². The number of hydrogen-bond donors (Lipinski definition) is 3. The fourth-order valence-corrected chi connectivity index (χ4v) is 5.01. The summed E-state index contributed by atoms with van der Waals surface area (Å²) in [4.78, 5) is 10.7. The van der Waals surface area contributed by atoms with E-state index in [2.05, 4.69) is 64.7 Å². The molecule has 0 aliphatic rings. The monoisotopic (exact) mass is 496 g/mol. The number of pyridine rings is 1. The lowest BCUT2D eigenvalue weighted by Crippen LogP contribution is -2.21. The number of rotatable bonds is 6. The highest BCUT2D eigenvalue weighted by Crippen LogP contribution is 2.34. The number of thiazole rings is 1. The summed E-state index contributed by atoms with van der Waals surface area (Å²) in [6.07, 6.45) is 2.74. The highest BCUT2D eigenvalue weighted by Gasteiger charge is 2.23. The Morgan fingerprint density at radius 1 is 1.10 bits per heavy atom. The van der Waals surface area contributed by atoms with Gasteiger partial charge in [-0.05, 0) is 35.9 Å². The van der Waals surface area contributed by atoms with Crippen LogP contribution in [0.5, 0.6) is 5.75 Å². The Morgan fingerprint density at radius 2 is 1.90 bits per heavy atom. The fraction of sp³-hybridized carbons (Fsp3) is 0.250. The Kier molecular flexibility index (Phi) is 6.27. The fourth-order valence-electron chi connectivity index (χ4n) is 3.42. The van der Waals surface area contributed by atoms with Crippen LogP contribution in [0.25, 0.3) is 10.9 Å². The zero-order valence-corrected chi connectivity index (χ0v) is 20.1. The van der Waals surface area contributed by atoms with Gasteiger partial charge in [-0.2, -0.15) is 0 Å². The summed E-state index contributed by atoms with van der Waals surface area (Å²) in [5.74, 6) is 0.261. The third kappa shape index (κ3) is 5.23. The van der Waals surface area contributed by atoms with Crippen molar-refractivity contribution in [3.63, 3.8) is 0 Å². The van der Waals surface area contributed by atoms with Crippen LogP contribution in [0.4, 0.5) is 5.13 Å². The molecule has 0 spiro atoms. The molecule has 0 atom stereocenters. The summed E-state index contributed by atoms with van der Waals surface area (Å²) in [6.45, 7) is 7.02. The molecule has 0 saturated carbocycles. The quantitative estimate of drug-likeness (QED) is 0.278. The number of hydrogen-bond acceptors (Lipinski definition) is 6. The summed E-state index contributed by atoms with van der Waals surface area (Å²) in [6, 6.07) is 15.8. The molecule has 0 aliphatic carbocycles. The van der Waals surface area contributed by atoms with E-state index in [1.807, 2.05) is 36.5 Å². The number of anilines is 1.